The van der Waals surface area contributed by atoms with Crippen molar-refractivity contribution in [1.29, 1.82) is 0 Å². The fourth-order valence-electron chi connectivity index (χ4n) is 3.27. The van der Waals surface area contributed by atoms with Crippen LogP contribution in [0.2, 0.25) is 16.6 Å². The van der Waals surface area contributed by atoms with Gasteiger partial charge in [0.05, 0.1) is 7.11 Å². The van der Waals surface area contributed by atoms with Gasteiger partial charge in [0.1, 0.15) is 5.75 Å². The molecule has 1 rings (SSSR count). The molecule has 114 valence electrons. The molecule has 0 unspecified atom stereocenters. The van der Waals surface area contributed by atoms with Gasteiger partial charge < -0.3 is 9.16 Å². The van der Waals surface area contributed by atoms with Crippen LogP contribution in [-0.4, -0.2) is 15.4 Å². The molecule has 0 bridgehead atoms. The molecule has 0 aliphatic rings. The Bertz CT molecular complexity index is 422. The molecule has 0 heterocycles. The van der Waals surface area contributed by atoms with E-state index in [1.807, 2.05) is 18.2 Å². The van der Waals surface area contributed by atoms with E-state index in [4.69, 9.17) is 9.16 Å². The Morgan fingerprint density at radius 1 is 0.900 bits per heavy atom. The highest BCUT2D eigenvalue weighted by Gasteiger charge is 2.47. The number of hydrogen-bond acceptors (Lipinski definition) is 2. The van der Waals surface area contributed by atoms with E-state index in [9.17, 15) is 0 Å². The van der Waals surface area contributed by atoms with Crippen LogP contribution in [0.3, 0.4) is 0 Å². The standard InChI is InChI=1S/C16H27BrO2Si/c1-11(2)20(12(3)4,13(5)6)19-15-9-8-14(17)10-16(15)18-7/h8-13H,1-7H3. The normalized spacial score (nSPS) is 12.3. The minimum absolute atomic E-state index is 0.552. The highest BCUT2D eigenvalue weighted by atomic mass is 79.9. The van der Waals surface area contributed by atoms with E-state index in [-0.39, 0.29) is 0 Å². The van der Waals surface area contributed by atoms with Crippen LogP contribution in [0.15, 0.2) is 22.7 Å². The van der Waals surface area contributed by atoms with Gasteiger partial charge in [0.2, 0.25) is 0 Å². The van der Waals surface area contributed by atoms with Gasteiger partial charge in [-0.25, -0.2) is 0 Å². The minimum Gasteiger partial charge on any atom is -0.540 e. The van der Waals surface area contributed by atoms with E-state index < -0.39 is 8.32 Å². The Hall–Kier alpha value is -0.483. The first-order valence-electron chi connectivity index (χ1n) is 7.28. The zero-order valence-electron chi connectivity index (χ0n) is 13.7. The number of ether oxygens (including phenoxy) is 1. The first-order valence-corrected chi connectivity index (χ1v) is 10.2. The summed E-state index contributed by atoms with van der Waals surface area (Å²) in [7, 11) is -0.236. The summed E-state index contributed by atoms with van der Waals surface area (Å²) in [6.45, 7) is 13.7. The van der Waals surface area contributed by atoms with Crippen molar-refractivity contribution in [2.45, 2.75) is 58.2 Å². The molecular formula is C16H27BrO2Si. The zero-order chi connectivity index (χ0) is 15.5. The van der Waals surface area contributed by atoms with Gasteiger partial charge >= 0.3 is 0 Å². The Labute approximate surface area is 133 Å². The third-order valence-electron chi connectivity index (χ3n) is 4.12. The Balaban J connectivity index is 3.26. The molecule has 1 aromatic carbocycles. The van der Waals surface area contributed by atoms with E-state index in [0.717, 1.165) is 16.0 Å². The van der Waals surface area contributed by atoms with Crippen LogP contribution in [0, 0.1) is 0 Å². The summed E-state index contributed by atoms with van der Waals surface area (Å²) >= 11 is 3.48. The number of methoxy groups -OCH3 is 1. The molecule has 0 saturated carbocycles. The van der Waals surface area contributed by atoms with Gasteiger partial charge in [0.15, 0.2) is 5.75 Å². The van der Waals surface area contributed by atoms with Crippen LogP contribution < -0.4 is 9.16 Å². The number of hydrogen-bond donors (Lipinski definition) is 0. The molecule has 0 aromatic heterocycles. The topological polar surface area (TPSA) is 18.5 Å². The van der Waals surface area contributed by atoms with Crippen molar-refractivity contribution in [2.24, 2.45) is 0 Å². The van der Waals surface area contributed by atoms with Gasteiger partial charge in [-0.1, -0.05) is 57.5 Å². The van der Waals surface area contributed by atoms with Crippen molar-refractivity contribution in [3.8, 4) is 11.5 Å². The molecular weight excluding hydrogens is 332 g/mol. The molecule has 0 saturated heterocycles. The third kappa shape index (κ3) is 3.40. The smallest absolute Gasteiger partial charge is 0.258 e. The van der Waals surface area contributed by atoms with Crippen LogP contribution in [-0.2, 0) is 0 Å². The summed E-state index contributed by atoms with van der Waals surface area (Å²) in [5.41, 5.74) is 1.66. The van der Waals surface area contributed by atoms with Crippen molar-refractivity contribution >= 4 is 24.2 Å². The Morgan fingerprint density at radius 3 is 1.80 bits per heavy atom. The molecule has 0 fully saturated rings. The SMILES string of the molecule is COc1cc(Br)ccc1O[Si](C(C)C)(C(C)C)C(C)C. The predicted octanol–water partition coefficient (Wildman–Crippen LogP) is 6.01. The molecule has 0 radical (unpaired) electrons. The fraction of sp³-hybridized carbons (Fsp3) is 0.625. The largest absolute Gasteiger partial charge is 0.540 e. The van der Waals surface area contributed by atoms with Crippen LogP contribution in [0.1, 0.15) is 41.5 Å². The van der Waals surface area contributed by atoms with Crippen molar-refractivity contribution < 1.29 is 9.16 Å². The average Bonchev–Trinajstić information content (AvgIpc) is 2.35. The molecule has 0 aliphatic heterocycles. The van der Waals surface area contributed by atoms with E-state index in [1.54, 1.807) is 7.11 Å². The Morgan fingerprint density at radius 2 is 1.40 bits per heavy atom. The number of rotatable bonds is 6. The lowest BCUT2D eigenvalue weighted by molar-refractivity contribution is 0.382. The summed E-state index contributed by atoms with van der Waals surface area (Å²) in [4.78, 5) is 0. The molecule has 2 nitrogen and oxygen atoms in total. The summed E-state index contributed by atoms with van der Waals surface area (Å²) in [6, 6.07) is 5.99. The molecule has 4 heteroatoms. The molecule has 0 N–H and O–H groups in total. The summed E-state index contributed by atoms with van der Waals surface area (Å²) in [6.07, 6.45) is 0. The minimum atomic E-state index is -1.93. The van der Waals surface area contributed by atoms with Crippen LogP contribution in [0.25, 0.3) is 0 Å². The van der Waals surface area contributed by atoms with Crippen LogP contribution in [0.4, 0.5) is 0 Å². The lowest BCUT2D eigenvalue weighted by Crippen LogP contribution is -2.50. The van der Waals surface area contributed by atoms with E-state index in [1.165, 1.54) is 0 Å². The second-order valence-corrected chi connectivity index (χ2v) is 12.5. The molecule has 20 heavy (non-hydrogen) atoms. The maximum Gasteiger partial charge on any atom is 0.258 e. The predicted molar refractivity (Wildman–Crippen MR) is 92.4 cm³/mol. The summed E-state index contributed by atoms with van der Waals surface area (Å²) in [5, 5.41) is 0. The molecule has 0 spiro atoms. The van der Waals surface area contributed by atoms with Gasteiger partial charge in [0, 0.05) is 4.47 Å². The molecule has 1 aromatic rings. The van der Waals surface area contributed by atoms with Crippen molar-refractivity contribution in [2.75, 3.05) is 7.11 Å². The first kappa shape index (κ1) is 17.6. The van der Waals surface area contributed by atoms with Crippen molar-refractivity contribution in [3.63, 3.8) is 0 Å². The summed E-state index contributed by atoms with van der Waals surface area (Å²) in [5.74, 6) is 1.68. The zero-order valence-corrected chi connectivity index (χ0v) is 16.2. The lowest BCUT2D eigenvalue weighted by atomic mass is 10.3. The van der Waals surface area contributed by atoms with Crippen LogP contribution >= 0.6 is 15.9 Å². The monoisotopic (exact) mass is 358 g/mol. The number of benzene rings is 1. The highest BCUT2D eigenvalue weighted by Crippen LogP contribution is 2.44. The number of halogens is 1. The second kappa shape index (κ2) is 6.99. The van der Waals surface area contributed by atoms with Gasteiger partial charge in [-0.3, -0.25) is 0 Å². The summed E-state index contributed by atoms with van der Waals surface area (Å²) < 4.78 is 13.1. The second-order valence-electron chi connectivity index (χ2n) is 6.21. The molecule has 0 atom stereocenters. The lowest BCUT2D eigenvalue weighted by Gasteiger charge is -2.42. The maximum atomic E-state index is 6.66. The molecule has 0 aliphatic carbocycles. The fourth-order valence-corrected chi connectivity index (χ4v) is 8.87. The van der Waals surface area contributed by atoms with Crippen LogP contribution in [0.5, 0.6) is 11.5 Å². The van der Waals surface area contributed by atoms with E-state index >= 15 is 0 Å². The van der Waals surface area contributed by atoms with Crippen molar-refractivity contribution in [3.05, 3.63) is 22.7 Å². The van der Waals surface area contributed by atoms with E-state index in [0.29, 0.717) is 16.6 Å². The van der Waals surface area contributed by atoms with Gasteiger partial charge in [-0.05, 0) is 34.8 Å². The molecule has 0 amide bonds. The van der Waals surface area contributed by atoms with Gasteiger partial charge in [-0.2, -0.15) is 0 Å². The third-order valence-corrected chi connectivity index (χ3v) is 10.6. The highest BCUT2D eigenvalue weighted by molar-refractivity contribution is 9.10. The quantitative estimate of drug-likeness (QED) is 0.579. The first-order chi connectivity index (χ1) is 9.25. The average molecular weight is 359 g/mol. The van der Waals surface area contributed by atoms with Gasteiger partial charge in [0.25, 0.3) is 8.32 Å². The van der Waals surface area contributed by atoms with Crippen molar-refractivity contribution in [1.82, 2.24) is 0 Å². The maximum absolute atomic E-state index is 6.66. The Kier molecular flexibility index (Phi) is 6.14. The van der Waals surface area contributed by atoms with Gasteiger partial charge in [-0.15, -0.1) is 0 Å². The van der Waals surface area contributed by atoms with E-state index in [2.05, 4.69) is 57.5 Å².